The molecule has 2 aromatic heterocycles. The van der Waals surface area contributed by atoms with Crippen LogP contribution in [-0.4, -0.2) is 9.55 Å². The van der Waals surface area contributed by atoms with E-state index in [4.69, 9.17) is 4.74 Å². The molecule has 0 unspecified atom stereocenters. The highest BCUT2D eigenvalue weighted by Gasteiger charge is 2.10. The predicted molar refractivity (Wildman–Crippen MR) is 103 cm³/mol. The molecular weight excluding hydrogens is 324 g/mol. The van der Waals surface area contributed by atoms with E-state index in [1.807, 2.05) is 66.7 Å². The van der Waals surface area contributed by atoms with E-state index in [0.717, 1.165) is 27.8 Å². The quantitative estimate of drug-likeness (QED) is 0.559. The molecule has 2 aromatic carbocycles. The van der Waals surface area contributed by atoms with Crippen molar-refractivity contribution in [3.05, 3.63) is 94.9 Å². The summed E-state index contributed by atoms with van der Waals surface area (Å²) in [6.07, 6.45) is 1.70. The summed E-state index contributed by atoms with van der Waals surface area (Å²) in [5.41, 5.74) is 3.50. The maximum atomic E-state index is 12.3. The van der Waals surface area contributed by atoms with Crippen LogP contribution in [0, 0.1) is 0 Å². The molecule has 0 radical (unpaired) electrons. The third-order valence-corrected chi connectivity index (χ3v) is 4.39. The largest absolute Gasteiger partial charge is 0.489 e. The monoisotopic (exact) mass is 342 g/mol. The first kappa shape index (κ1) is 16.1. The van der Waals surface area contributed by atoms with Gasteiger partial charge in [0.05, 0.1) is 0 Å². The predicted octanol–water partition coefficient (Wildman–Crippen LogP) is 4.18. The van der Waals surface area contributed by atoms with Gasteiger partial charge in [0, 0.05) is 24.7 Å². The average Bonchev–Trinajstić information content (AvgIpc) is 2.70. The molecule has 0 saturated carbocycles. The van der Waals surface area contributed by atoms with Crippen LogP contribution in [-0.2, 0) is 13.7 Å². The Hall–Kier alpha value is -3.40. The molecule has 0 amide bonds. The van der Waals surface area contributed by atoms with Crippen molar-refractivity contribution >= 4 is 11.0 Å². The number of hydrogen-bond acceptors (Lipinski definition) is 3. The minimum absolute atomic E-state index is 0.0817. The first-order valence-electron chi connectivity index (χ1n) is 8.44. The molecule has 0 aliphatic heterocycles. The van der Waals surface area contributed by atoms with Crippen LogP contribution in [0.25, 0.3) is 22.2 Å². The number of aromatic nitrogens is 2. The average molecular weight is 342 g/mol. The van der Waals surface area contributed by atoms with Crippen molar-refractivity contribution in [2.75, 3.05) is 0 Å². The molecule has 2 heterocycles. The maximum Gasteiger partial charge on any atom is 0.252 e. The van der Waals surface area contributed by atoms with Gasteiger partial charge in [0.15, 0.2) is 0 Å². The summed E-state index contributed by atoms with van der Waals surface area (Å²) >= 11 is 0. The van der Waals surface area contributed by atoms with Gasteiger partial charge < -0.3 is 4.74 Å². The minimum atomic E-state index is -0.0817. The summed E-state index contributed by atoms with van der Waals surface area (Å²) in [5.74, 6) is 0.768. The third-order valence-electron chi connectivity index (χ3n) is 4.39. The van der Waals surface area contributed by atoms with Gasteiger partial charge in [-0.15, -0.1) is 0 Å². The number of fused-ring (bicyclic) bond motifs is 1. The van der Waals surface area contributed by atoms with E-state index < -0.39 is 0 Å². The Balaban J connectivity index is 1.72. The van der Waals surface area contributed by atoms with Crippen LogP contribution in [0.3, 0.4) is 0 Å². The van der Waals surface area contributed by atoms with Crippen molar-refractivity contribution in [3.8, 4) is 16.9 Å². The van der Waals surface area contributed by atoms with Gasteiger partial charge in [-0.25, -0.2) is 4.98 Å². The number of rotatable bonds is 4. The second-order valence-electron chi connectivity index (χ2n) is 6.13. The molecule has 4 heteroatoms. The number of pyridine rings is 2. The van der Waals surface area contributed by atoms with Gasteiger partial charge >= 0.3 is 0 Å². The minimum Gasteiger partial charge on any atom is -0.489 e. The summed E-state index contributed by atoms with van der Waals surface area (Å²) < 4.78 is 7.49. The SMILES string of the molecule is Cn1c(=O)cc(-c2cccc(OCc3ccccc3)c2)c2cccnc21. The van der Waals surface area contributed by atoms with Gasteiger partial charge in [0.2, 0.25) is 0 Å². The standard InChI is InChI=1S/C22H18N2O2/c1-24-21(25)14-20(19-11-6-12-23-22(19)24)17-9-5-10-18(13-17)26-15-16-7-3-2-4-8-16/h2-14H,15H2,1H3. The molecule has 4 aromatic rings. The second-order valence-corrected chi connectivity index (χ2v) is 6.13. The number of hydrogen-bond donors (Lipinski definition) is 0. The Morgan fingerprint density at radius 2 is 1.81 bits per heavy atom. The first-order valence-corrected chi connectivity index (χ1v) is 8.44. The summed E-state index contributed by atoms with van der Waals surface area (Å²) in [6.45, 7) is 0.503. The Morgan fingerprint density at radius 1 is 0.962 bits per heavy atom. The number of aryl methyl sites for hydroxylation is 1. The number of nitrogens with zero attached hydrogens (tertiary/aromatic N) is 2. The van der Waals surface area contributed by atoms with Gasteiger partial charge in [-0.1, -0.05) is 42.5 Å². The van der Waals surface area contributed by atoms with E-state index in [1.165, 1.54) is 0 Å². The van der Waals surface area contributed by atoms with Crippen molar-refractivity contribution < 1.29 is 4.74 Å². The Morgan fingerprint density at radius 3 is 2.65 bits per heavy atom. The molecule has 128 valence electrons. The summed E-state index contributed by atoms with van der Waals surface area (Å²) in [5, 5.41) is 0.940. The molecule has 0 N–H and O–H groups in total. The lowest BCUT2D eigenvalue weighted by Crippen LogP contribution is -2.17. The van der Waals surface area contributed by atoms with Crippen molar-refractivity contribution in [1.82, 2.24) is 9.55 Å². The van der Waals surface area contributed by atoms with Crippen molar-refractivity contribution in [3.63, 3.8) is 0 Å². The number of ether oxygens (including phenoxy) is 1. The van der Waals surface area contributed by atoms with E-state index in [0.29, 0.717) is 12.3 Å². The van der Waals surface area contributed by atoms with Gasteiger partial charge in [-0.3, -0.25) is 9.36 Å². The summed E-state index contributed by atoms with van der Waals surface area (Å²) in [7, 11) is 1.74. The van der Waals surface area contributed by atoms with E-state index in [9.17, 15) is 4.79 Å². The molecular formula is C22H18N2O2. The lowest BCUT2D eigenvalue weighted by Gasteiger charge is -2.11. The summed E-state index contributed by atoms with van der Waals surface area (Å²) in [6, 6.07) is 23.4. The molecule has 0 saturated heterocycles. The molecule has 26 heavy (non-hydrogen) atoms. The molecule has 0 atom stereocenters. The fraction of sp³-hybridized carbons (Fsp3) is 0.0909. The van der Waals surface area contributed by atoms with Gasteiger partial charge in [0.25, 0.3) is 5.56 Å². The fourth-order valence-electron chi connectivity index (χ4n) is 3.01. The molecule has 0 aliphatic rings. The van der Waals surface area contributed by atoms with Crippen LogP contribution in [0.4, 0.5) is 0 Å². The highest BCUT2D eigenvalue weighted by atomic mass is 16.5. The normalized spacial score (nSPS) is 10.8. The zero-order valence-corrected chi connectivity index (χ0v) is 14.4. The lowest BCUT2D eigenvalue weighted by molar-refractivity contribution is 0.306. The second kappa shape index (κ2) is 6.84. The Bertz CT molecular complexity index is 1120. The zero-order valence-electron chi connectivity index (χ0n) is 14.4. The van der Waals surface area contributed by atoms with E-state index >= 15 is 0 Å². The Labute approximate surface area is 151 Å². The van der Waals surface area contributed by atoms with Crippen LogP contribution >= 0.6 is 0 Å². The fourth-order valence-corrected chi connectivity index (χ4v) is 3.01. The summed E-state index contributed by atoms with van der Waals surface area (Å²) in [4.78, 5) is 16.7. The molecule has 4 nitrogen and oxygen atoms in total. The smallest absolute Gasteiger partial charge is 0.252 e. The van der Waals surface area contributed by atoms with Gasteiger partial charge in [0.1, 0.15) is 18.0 Å². The molecule has 0 spiro atoms. The van der Waals surface area contributed by atoms with E-state index in [-0.39, 0.29) is 5.56 Å². The van der Waals surface area contributed by atoms with Gasteiger partial charge in [-0.05, 0) is 41.0 Å². The Kier molecular flexibility index (Phi) is 4.23. The highest BCUT2D eigenvalue weighted by molar-refractivity contribution is 5.92. The molecule has 0 aliphatic carbocycles. The number of benzene rings is 2. The maximum absolute atomic E-state index is 12.3. The zero-order chi connectivity index (χ0) is 17.9. The van der Waals surface area contributed by atoms with E-state index in [2.05, 4.69) is 4.98 Å². The van der Waals surface area contributed by atoms with Crippen LogP contribution < -0.4 is 10.3 Å². The molecule has 4 rings (SSSR count). The van der Waals surface area contributed by atoms with E-state index in [1.54, 1.807) is 23.9 Å². The molecule has 0 bridgehead atoms. The molecule has 0 fully saturated rings. The van der Waals surface area contributed by atoms with Crippen LogP contribution in [0.2, 0.25) is 0 Å². The topological polar surface area (TPSA) is 44.1 Å². The third kappa shape index (κ3) is 3.09. The van der Waals surface area contributed by atoms with Crippen molar-refractivity contribution in [1.29, 1.82) is 0 Å². The lowest BCUT2D eigenvalue weighted by atomic mass is 10.0. The van der Waals surface area contributed by atoms with Crippen LogP contribution in [0.1, 0.15) is 5.56 Å². The first-order chi connectivity index (χ1) is 12.7. The van der Waals surface area contributed by atoms with Gasteiger partial charge in [-0.2, -0.15) is 0 Å². The highest BCUT2D eigenvalue weighted by Crippen LogP contribution is 2.28. The van der Waals surface area contributed by atoms with Crippen molar-refractivity contribution in [2.24, 2.45) is 7.05 Å². The van der Waals surface area contributed by atoms with Crippen molar-refractivity contribution in [2.45, 2.75) is 6.61 Å². The van der Waals surface area contributed by atoms with Crippen LogP contribution in [0.15, 0.2) is 83.8 Å². The van der Waals surface area contributed by atoms with Crippen LogP contribution in [0.5, 0.6) is 5.75 Å².